The van der Waals surface area contributed by atoms with Gasteiger partial charge in [0, 0.05) is 19.1 Å². The van der Waals surface area contributed by atoms with Crippen molar-refractivity contribution in [1.29, 1.82) is 0 Å². The third kappa shape index (κ3) is 4.61. The molecule has 1 saturated heterocycles. The van der Waals surface area contributed by atoms with Crippen molar-refractivity contribution >= 4 is 16.8 Å². The van der Waals surface area contributed by atoms with Gasteiger partial charge < -0.3 is 9.47 Å². The van der Waals surface area contributed by atoms with Crippen LogP contribution < -0.4 is 4.74 Å². The van der Waals surface area contributed by atoms with E-state index in [0.717, 1.165) is 38.5 Å². The molecule has 1 atom stereocenters. The van der Waals surface area contributed by atoms with Crippen molar-refractivity contribution in [3.63, 3.8) is 0 Å². The van der Waals surface area contributed by atoms with Crippen LogP contribution >= 0.6 is 0 Å². The molecule has 3 nitrogen and oxygen atoms in total. The summed E-state index contributed by atoms with van der Waals surface area (Å²) in [6, 6.07) is 23.9. The molecule has 0 radical (unpaired) electrons. The van der Waals surface area contributed by atoms with Gasteiger partial charge >= 0.3 is 0 Å². The maximum atomic E-state index is 5.56. The third-order valence-corrected chi connectivity index (χ3v) is 5.38. The second kappa shape index (κ2) is 9.05. The van der Waals surface area contributed by atoms with Crippen molar-refractivity contribution in [3.8, 4) is 5.75 Å². The SMILES string of the molecule is COc1ccc2cc(CC(/C=C/c3ccccc3)N3CCOCC3)ccc2c1. The minimum atomic E-state index is 0.361. The molecule has 1 fully saturated rings. The summed E-state index contributed by atoms with van der Waals surface area (Å²) in [5, 5.41) is 2.47. The number of morpholine rings is 1. The van der Waals surface area contributed by atoms with Crippen LogP contribution in [-0.4, -0.2) is 44.4 Å². The average molecular weight is 373 g/mol. The summed E-state index contributed by atoms with van der Waals surface area (Å²) >= 11 is 0. The molecule has 3 aromatic carbocycles. The Kier molecular flexibility index (Phi) is 6.05. The van der Waals surface area contributed by atoms with Gasteiger partial charge in [0.05, 0.1) is 20.3 Å². The summed E-state index contributed by atoms with van der Waals surface area (Å²) in [4.78, 5) is 2.53. The Morgan fingerprint density at radius 1 is 0.964 bits per heavy atom. The molecule has 144 valence electrons. The first-order valence-electron chi connectivity index (χ1n) is 9.93. The number of fused-ring (bicyclic) bond motifs is 1. The van der Waals surface area contributed by atoms with Crippen LogP contribution in [0.3, 0.4) is 0 Å². The van der Waals surface area contributed by atoms with Crippen molar-refractivity contribution in [2.24, 2.45) is 0 Å². The number of hydrogen-bond donors (Lipinski definition) is 0. The fraction of sp³-hybridized carbons (Fsp3) is 0.280. The Bertz CT molecular complexity index is 930. The molecule has 1 heterocycles. The monoisotopic (exact) mass is 373 g/mol. The molecule has 1 aliphatic heterocycles. The average Bonchev–Trinajstić information content (AvgIpc) is 2.77. The van der Waals surface area contributed by atoms with Gasteiger partial charge in [-0.05, 0) is 40.5 Å². The lowest BCUT2D eigenvalue weighted by molar-refractivity contribution is 0.0258. The van der Waals surface area contributed by atoms with E-state index in [2.05, 4.69) is 77.7 Å². The van der Waals surface area contributed by atoms with Gasteiger partial charge in [-0.25, -0.2) is 0 Å². The molecule has 0 bridgehead atoms. The number of nitrogens with zero attached hydrogens (tertiary/aromatic N) is 1. The summed E-state index contributed by atoms with van der Waals surface area (Å²) in [5.74, 6) is 0.900. The standard InChI is InChI=1S/C25H27NO2/c1-27-25-12-10-22-17-21(7-9-23(22)19-25)18-24(26-13-15-28-16-14-26)11-8-20-5-3-2-4-6-20/h2-12,17,19,24H,13-16,18H2,1H3/b11-8+. The van der Waals surface area contributed by atoms with Crippen LogP contribution in [0.2, 0.25) is 0 Å². The maximum Gasteiger partial charge on any atom is 0.119 e. The Hall–Kier alpha value is -2.62. The summed E-state index contributed by atoms with van der Waals surface area (Å²) in [6.07, 6.45) is 5.58. The van der Waals surface area contributed by atoms with Gasteiger partial charge in [-0.1, -0.05) is 66.7 Å². The molecule has 3 heteroatoms. The second-order valence-electron chi connectivity index (χ2n) is 7.24. The fourth-order valence-electron chi connectivity index (χ4n) is 3.78. The Labute approximate surface area is 167 Å². The number of rotatable bonds is 6. The molecular weight excluding hydrogens is 346 g/mol. The Morgan fingerprint density at radius 2 is 1.71 bits per heavy atom. The van der Waals surface area contributed by atoms with Crippen molar-refractivity contribution in [3.05, 3.63) is 83.9 Å². The topological polar surface area (TPSA) is 21.7 Å². The molecule has 0 aromatic heterocycles. The molecule has 1 aliphatic rings. The largest absolute Gasteiger partial charge is 0.497 e. The molecule has 0 aliphatic carbocycles. The lowest BCUT2D eigenvalue weighted by atomic mass is 9.99. The van der Waals surface area contributed by atoms with Crippen molar-refractivity contribution < 1.29 is 9.47 Å². The van der Waals surface area contributed by atoms with E-state index < -0.39 is 0 Å². The first-order valence-corrected chi connectivity index (χ1v) is 9.93. The highest BCUT2D eigenvalue weighted by atomic mass is 16.5. The predicted molar refractivity (Wildman–Crippen MR) is 116 cm³/mol. The quantitative estimate of drug-likeness (QED) is 0.619. The lowest BCUT2D eigenvalue weighted by Crippen LogP contribution is -2.43. The highest BCUT2D eigenvalue weighted by Crippen LogP contribution is 2.23. The highest BCUT2D eigenvalue weighted by molar-refractivity contribution is 5.84. The molecule has 3 aromatic rings. The van der Waals surface area contributed by atoms with E-state index in [1.807, 2.05) is 6.07 Å². The van der Waals surface area contributed by atoms with Crippen LogP contribution in [0.5, 0.6) is 5.75 Å². The molecule has 28 heavy (non-hydrogen) atoms. The zero-order chi connectivity index (χ0) is 19.2. The maximum absolute atomic E-state index is 5.56. The minimum Gasteiger partial charge on any atom is -0.497 e. The van der Waals surface area contributed by atoms with E-state index in [0.29, 0.717) is 6.04 Å². The fourth-order valence-corrected chi connectivity index (χ4v) is 3.78. The Morgan fingerprint density at radius 3 is 2.50 bits per heavy atom. The predicted octanol–water partition coefficient (Wildman–Crippen LogP) is 4.81. The van der Waals surface area contributed by atoms with E-state index in [-0.39, 0.29) is 0 Å². The van der Waals surface area contributed by atoms with Crippen LogP contribution in [0.1, 0.15) is 11.1 Å². The lowest BCUT2D eigenvalue weighted by Gasteiger charge is -2.33. The van der Waals surface area contributed by atoms with E-state index in [1.165, 1.54) is 21.9 Å². The molecule has 0 amide bonds. The van der Waals surface area contributed by atoms with Gasteiger partial charge in [0.25, 0.3) is 0 Å². The zero-order valence-corrected chi connectivity index (χ0v) is 16.4. The molecule has 1 unspecified atom stereocenters. The van der Waals surface area contributed by atoms with Gasteiger partial charge in [-0.15, -0.1) is 0 Å². The summed E-state index contributed by atoms with van der Waals surface area (Å²) < 4.78 is 10.9. The van der Waals surface area contributed by atoms with Gasteiger partial charge in [0.1, 0.15) is 5.75 Å². The van der Waals surface area contributed by atoms with Gasteiger partial charge in [-0.3, -0.25) is 4.90 Å². The van der Waals surface area contributed by atoms with Gasteiger partial charge in [0.2, 0.25) is 0 Å². The van der Waals surface area contributed by atoms with Crippen molar-refractivity contribution in [1.82, 2.24) is 4.90 Å². The summed E-state index contributed by atoms with van der Waals surface area (Å²) in [6.45, 7) is 3.59. The first-order chi connectivity index (χ1) is 13.8. The Balaban J connectivity index is 1.57. The minimum absolute atomic E-state index is 0.361. The van der Waals surface area contributed by atoms with E-state index in [9.17, 15) is 0 Å². The van der Waals surface area contributed by atoms with Crippen LogP contribution in [0.25, 0.3) is 16.8 Å². The van der Waals surface area contributed by atoms with E-state index in [1.54, 1.807) is 7.11 Å². The summed E-state index contributed by atoms with van der Waals surface area (Å²) in [7, 11) is 1.71. The van der Waals surface area contributed by atoms with Crippen LogP contribution in [0, 0.1) is 0 Å². The number of methoxy groups -OCH3 is 1. The van der Waals surface area contributed by atoms with Gasteiger partial charge in [-0.2, -0.15) is 0 Å². The van der Waals surface area contributed by atoms with E-state index in [4.69, 9.17) is 9.47 Å². The highest BCUT2D eigenvalue weighted by Gasteiger charge is 2.19. The third-order valence-electron chi connectivity index (χ3n) is 5.38. The van der Waals surface area contributed by atoms with Gasteiger partial charge in [0.15, 0.2) is 0 Å². The normalized spacial score (nSPS) is 16.5. The van der Waals surface area contributed by atoms with Crippen LogP contribution in [0.15, 0.2) is 72.8 Å². The van der Waals surface area contributed by atoms with Crippen molar-refractivity contribution in [2.45, 2.75) is 12.5 Å². The molecule has 4 rings (SSSR count). The number of ether oxygens (including phenoxy) is 2. The van der Waals surface area contributed by atoms with E-state index >= 15 is 0 Å². The zero-order valence-electron chi connectivity index (χ0n) is 16.4. The summed E-state index contributed by atoms with van der Waals surface area (Å²) in [5.41, 5.74) is 2.60. The molecule has 0 saturated carbocycles. The van der Waals surface area contributed by atoms with Crippen LogP contribution in [-0.2, 0) is 11.2 Å². The molecular formula is C25H27NO2. The van der Waals surface area contributed by atoms with Crippen molar-refractivity contribution in [2.75, 3.05) is 33.4 Å². The van der Waals surface area contributed by atoms with Crippen LogP contribution in [0.4, 0.5) is 0 Å². The first kappa shape index (κ1) is 18.7. The smallest absolute Gasteiger partial charge is 0.119 e. The second-order valence-corrected chi connectivity index (χ2v) is 7.24. The number of benzene rings is 3. The molecule has 0 N–H and O–H groups in total. The molecule has 0 spiro atoms. The number of hydrogen-bond acceptors (Lipinski definition) is 3.